The van der Waals surface area contributed by atoms with E-state index >= 15 is 0 Å². The predicted molar refractivity (Wildman–Crippen MR) is 86.3 cm³/mol. The lowest BCUT2D eigenvalue weighted by Gasteiger charge is -2.37. The number of fused-ring (bicyclic) bond motifs is 1. The Bertz CT molecular complexity index is 567. The lowest BCUT2D eigenvalue weighted by Crippen LogP contribution is -2.37. The molecule has 1 atom stereocenters. The van der Waals surface area contributed by atoms with Crippen LogP contribution in [0.1, 0.15) is 29.2 Å². The molecule has 1 unspecified atom stereocenters. The minimum absolute atomic E-state index is 0.274. The largest absolute Gasteiger partial charge is 0.396 e. The average molecular weight is 281 g/mol. The fourth-order valence-corrected chi connectivity index (χ4v) is 3.32. The quantitative estimate of drug-likeness (QED) is 0.909. The van der Waals surface area contributed by atoms with Crippen LogP contribution in [-0.2, 0) is 12.8 Å². The molecule has 0 aliphatic carbocycles. The van der Waals surface area contributed by atoms with Crippen LogP contribution in [0.4, 0.5) is 0 Å². The highest BCUT2D eigenvalue weighted by Gasteiger charge is 2.26. The Hall–Kier alpha value is -1.64. The van der Waals surface area contributed by atoms with Crippen molar-refractivity contribution in [3.63, 3.8) is 0 Å². The van der Waals surface area contributed by atoms with Gasteiger partial charge in [-0.2, -0.15) is 0 Å². The summed E-state index contributed by atoms with van der Waals surface area (Å²) in [6, 6.07) is 20.0. The summed E-state index contributed by atoms with van der Waals surface area (Å²) in [5.74, 6) is 0. The van der Waals surface area contributed by atoms with Crippen molar-refractivity contribution in [1.82, 2.24) is 4.90 Å². The highest BCUT2D eigenvalue weighted by atomic mass is 16.3. The molecule has 21 heavy (non-hydrogen) atoms. The molecule has 110 valence electrons. The van der Waals surface area contributed by atoms with E-state index in [0.29, 0.717) is 6.04 Å². The van der Waals surface area contributed by atoms with Crippen molar-refractivity contribution >= 4 is 0 Å². The Morgan fingerprint density at radius 3 is 2.57 bits per heavy atom. The maximum atomic E-state index is 9.14. The van der Waals surface area contributed by atoms with E-state index in [1.54, 1.807) is 0 Å². The molecule has 2 aromatic carbocycles. The minimum Gasteiger partial charge on any atom is -0.396 e. The molecule has 0 fully saturated rings. The van der Waals surface area contributed by atoms with Gasteiger partial charge in [0.1, 0.15) is 0 Å². The smallest absolute Gasteiger partial charge is 0.0443 e. The van der Waals surface area contributed by atoms with Crippen LogP contribution < -0.4 is 0 Å². The molecule has 0 spiro atoms. The molecule has 0 radical (unpaired) electrons. The molecular weight excluding hydrogens is 258 g/mol. The topological polar surface area (TPSA) is 23.5 Å². The van der Waals surface area contributed by atoms with Crippen LogP contribution in [-0.4, -0.2) is 29.7 Å². The van der Waals surface area contributed by atoms with E-state index in [9.17, 15) is 0 Å². The maximum Gasteiger partial charge on any atom is 0.0443 e. The number of hydrogen-bond acceptors (Lipinski definition) is 2. The Kier molecular flexibility index (Phi) is 4.69. The molecular formula is C19H23NO. The predicted octanol–water partition coefficient (Wildman–Crippen LogP) is 3.21. The third kappa shape index (κ3) is 3.34. The second kappa shape index (κ2) is 6.88. The normalized spacial score (nSPS) is 18.4. The summed E-state index contributed by atoms with van der Waals surface area (Å²) >= 11 is 0. The summed E-state index contributed by atoms with van der Waals surface area (Å²) in [5, 5.41) is 9.14. The molecule has 2 heteroatoms. The molecule has 0 aromatic heterocycles. The summed E-state index contributed by atoms with van der Waals surface area (Å²) in [7, 11) is 0. The molecule has 3 rings (SSSR count). The van der Waals surface area contributed by atoms with Crippen molar-refractivity contribution in [2.24, 2.45) is 0 Å². The van der Waals surface area contributed by atoms with E-state index in [1.807, 2.05) is 0 Å². The number of aliphatic hydroxyl groups excluding tert-OH is 1. The zero-order chi connectivity index (χ0) is 14.5. The van der Waals surface area contributed by atoms with Crippen LogP contribution in [0.15, 0.2) is 54.6 Å². The number of hydrogen-bond donors (Lipinski definition) is 1. The third-order valence-electron chi connectivity index (χ3n) is 4.40. The van der Waals surface area contributed by atoms with Crippen LogP contribution in [0.3, 0.4) is 0 Å². The van der Waals surface area contributed by atoms with Crippen LogP contribution >= 0.6 is 0 Å². The van der Waals surface area contributed by atoms with Gasteiger partial charge < -0.3 is 5.11 Å². The van der Waals surface area contributed by atoms with Gasteiger partial charge in [0.15, 0.2) is 0 Å². The standard InChI is InChI=1S/C19H23NO/c21-14-6-12-20-13-11-17-9-4-5-10-18(17)19(20)15-16-7-2-1-3-8-16/h1-5,7-10,19,21H,6,11-15H2. The molecule has 1 aliphatic heterocycles. The van der Waals surface area contributed by atoms with Crippen LogP contribution in [0, 0.1) is 0 Å². The van der Waals surface area contributed by atoms with Crippen molar-refractivity contribution in [2.45, 2.75) is 25.3 Å². The summed E-state index contributed by atoms with van der Waals surface area (Å²) < 4.78 is 0. The van der Waals surface area contributed by atoms with Gasteiger partial charge in [0.2, 0.25) is 0 Å². The molecule has 2 aromatic rings. The number of aliphatic hydroxyl groups is 1. The zero-order valence-electron chi connectivity index (χ0n) is 12.4. The molecule has 0 saturated carbocycles. The van der Waals surface area contributed by atoms with Gasteiger partial charge in [-0.05, 0) is 36.0 Å². The first-order chi connectivity index (χ1) is 10.4. The van der Waals surface area contributed by atoms with Gasteiger partial charge in [-0.3, -0.25) is 4.90 Å². The van der Waals surface area contributed by atoms with Gasteiger partial charge >= 0.3 is 0 Å². The molecule has 2 nitrogen and oxygen atoms in total. The molecule has 0 amide bonds. The second-order valence-electron chi connectivity index (χ2n) is 5.77. The van der Waals surface area contributed by atoms with Crippen molar-refractivity contribution in [3.05, 3.63) is 71.3 Å². The van der Waals surface area contributed by atoms with Crippen LogP contribution in [0.2, 0.25) is 0 Å². The minimum atomic E-state index is 0.274. The maximum absolute atomic E-state index is 9.14. The molecule has 1 N–H and O–H groups in total. The SMILES string of the molecule is OCCCN1CCc2ccccc2C1Cc1ccccc1. The van der Waals surface area contributed by atoms with Crippen LogP contribution in [0.25, 0.3) is 0 Å². The van der Waals surface area contributed by atoms with Crippen LogP contribution in [0.5, 0.6) is 0 Å². The molecule has 1 aliphatic rings. The first-order valence-corrected chi connectivity index (χ1v) is 7.85. The van der Waals surface area contributed by atoms with Crippen molar-refractivity contribution < 1.29 is 5.11 Å². The summed E-state index contributed by atoms with van der Waals surface area (Å²) in [4.78, 5) is 2.53. The van der Waals surface area contributed by atoms with E-state index < -0.39 is 0 Å². The van der Waals surface area contributed by atoms with E-state index in [1.165, 1.54) is 16.7 Å². The Balaban J connectivity index is 1.86. The summed E-state index contributed by atoms with van der Waals surface area (Å²) in [6.07, 6.45) is 3.02. The summed E-state index contributed by atoms with van der Waals surface area (Å²) in [5.41, 5.74) is 4.33. The van der Waals surface area contributed by atoms with Gasteiger partial charge in [-0.15, -0.1) is 0 Å². The Morgan fingerprint density at radius 1 is 1.00 bits per heavy atom. The van der Waals surface area contributed by atoms with Crippen molar-refractivity contribution in [2.75, 3.05) is 19.7 Å². The molecule has 0 bridgehead atoms. The lowest BCUT2D eigenvalue weighted by atomic mass is 9.88. The average Bonchev–Trinajstić information content (AvgIpc) is 2.55. The molecule has 0 saturated heterocycles. The number of benzene rings is 2. The Labute approximate surface area is 127 Å². The van der Waals surface area contributed by atoms with E-state index in [2.05, 4.69) is 59.5 Å². The van der Waals surface area contributed by atoms with Gasteiger partial charge in [-0.1, -0.05) is 54.6 Å². The van der Waals surface area contributed by atoms with E-state index in [-0.39, 0.29) is 6.61 Å². The number of rotatable bonds is 5. The van der Waals surface area contributed by atoms with E-state index in [4.69, 9.17) is 5.11 Å². The van der Waals surface area contributed by atoms with E-state index in [0.717, 1.165) is 32.4 Å². The van der Waals surface area contributed by atoms with Gasteiger partial charge in [0.25, 0.3) is 0 Å². The second-order valence-corrected chi connectivity index (χ2v) is 5.77. The monoisotopic (exact) mass is 281 g/mol. The first-order valence-electron chi connectivity index (χ1n) is 7.85. The van der Waals surface area contributed by atoms with Gasteiger partial charge in [-0.25, -0.2) is 0 Å². The van der Waals surface area contributed by atoms with Crippen molar-refractivity contribution in [3.8, 4) is 0 Å². The third-order valence-corrected chi connectivity index (χ3v) is 4.40. The van der Waals surface area contributed by atoms with Gasteiger partial charge in [0.05, 0.1) is 0 Å². The first kappa shape index (κ1) is 14.3. The fraction of sp³-hybridized carbons (Fsp3) is 0.368. The fourth-order valence-electron chi connectivity index (χ4n) is 3.32. The highest BCUT2D eigenvalue weighted by Crippen LogP contribution is 2.32. The van der Waals surface area contributed by atoms with Gasteiger partial charge in [0, 0.05) is 25.7 Å². The van der Waals surface area contributed by atoms with Crippen molar-refractivity contribution in [1.29, 1.82) is 0 Å². The lowest BCUT2D eigenvalue weighted by molar-refractivity contribution is 0.163. The highest BCUT2D eigenvalue weighted by molar-refractivity contribution is 5.34. The zero-order valence-corrected chi connectivity index (χ0v) is 12.4. The Morgan fingerprint density at radius 2 is 1.76 bits per heavy atom. The number of nitrogens with zero attached hydrogens (tertiary/aromatic N) is 1. The summed E-state index contributed by atoms with van der Waals surface area (Å²) in [6.45, 7) is 2.34. The molecule has 1 heterocycles.